The van der Waals surface area contributed by atoms with Crippen LogP contribution in [0.5, 0.6) is 0 Å². The van der Waals surface area contributed by atoms with E-state index in [9.17, 15) is 5.11 Å². The van der Waals surface area contributed by atoms with Crippen molar-refractivity contribution < 1.29 is 9.84 Å². The third kappa shape index (κ3) is 3.84. The van der Waals surface area contributed by atoms with Crippen molar-refractivity contribution in [3.05, 3.63) is 34.4 Å². The average Bonchev–Trinajstić information content (AvgIpc) is 2.53. The first-order valence-corrected chi connectivity index (χ1v) is 9.56. The van der Waals surface area contributed by atoms with Crippen molar-refractivity contribution in [2.24, 2.45) is 0 Å². The number of aliphatic hydroxyl groups is 1. The molecule has 24 heavy (non-hydrogen) atoms. The van der Waals surface area contributed by atoms with Crippen LogP contribution in [0.4, 0.5) is 0 Å². The van der Waals surface area contributed by atoms with Gasteiger partial charge in [-0.25, -0.2) is 0 Å². The van der Waals surface area contributed by atoms with Gasteiger partial charge in [-0.1, -0.05) is 45.7 Å². The third-order valence-corrected chi connectivity index (χ3v) is 5.10. The van der Waals surface area contributed by atoms with Crippen molar-refractivity contribution in [2.75, 3.05) is 6.61 Å². The second kappa shape index (κ2) is 7.55. The van der Waals surface area contributed by atoms with E-state index in [1.54, 1.807) is 0 Å². The van der Waals surface area contributed by atoms with Crippen LogP contribution in [0, 0.1) is 0 Å². The molecule has 2 unspecified atom stereocenters. The van der Waals surface area contributed by atoms with Gasteiger partial charge >= 0.3 is 0 Å². The summed E-state index contributed by atoms with van der Waals surface area (Å²) in [5.41, 5.74) is 4.99. The molecule has 3 nitrogen and oxygen atoms in total. The van der Waals surface area contributed by atoms with Crippen molar-refractivity contribution in [3.63, 3.8) is 0 Å². The minimum Gasteiger partial charge on any atom is -0.361 e. The summed E-state index contributed by atoms with van der Waals surface area (Å²) in [6.45, 7) is 13.4. The number of hydrogen-bond acceptors (Lipinski definition) is 3. The van der Waals surface area contributed by atoms with E-state index in [1.165, 1.54) is 16.7 Å². The van der Waals surface area contributed by atoms with Crippen LogP contribution in [0.3, 0.4) is 0 Å². The third-order valence-electron chi connectivity index (χ3n) is 5.10. The standard InChI is InChI=1S/C21H35NO2/c1-7-10-17-13-18(12-16(9-3)19(17)11-8-2)21(23)15(4)22-20(5,6)14-24-21/h12-13,15,22-23H,7-11,14H2,1-6H3. The molecule has 2 N–H and O–H groups in total. The van der Waals surface area contributed by atoms with E-state index in [2.05, 4.69) is 52.1 Å². The molecule has 0 spiro atoms. The van der Waals surface area contributed by atoms with E-state index in [0.29, 0.717) is 6.61 Å². The Hall–Kier alpha value is -0.900. The molecule has 1 aromatic carbocycles. The zero-order chi connectivity index (χ0) is 18.0. The summed E-state index contributed by atoms with van der Waals surface area (Å²) < 4.78 is 6.00. The second-order valence-corrected chi connectivity index (χ2v) is 7.86. The molecule has 0 amide bonds. The summed E-state index contributed by atoms with van der Waals surface area (Å²) in [6.07, 6.45) is 5.42. The predicted octanol–water partition coefficient (Wildman–Crippen LogP) is 4.09. The Morgan fingerprint density at radius 1 is 1.12 bits per heavy atom. The van der Waals surface area contributed by atoms with Gasteiger partial charge in [0.2, 0.25) is 5.79 Å². The molecule has 1 aliphatic rings. The summed E-state index contributed by atoms with van der Waals surface area (Å²) in [4.78, 5) is 0. The van der Waals surface area contributed by atoms with Gasteiger partial charge in [0.15, 0.2) is 0 Å². The Kier molecular flexibility index (Phi) is 6.11. The van der Waals surface area contributed by atoms with Crippen LogP contribution in [0.2, 0.25) is 0 Å². The second-order valence-electron chi connectivity index (χ2n) is 7.86. The number of hydrogen-bond donors (Lipinski definition) is 2. The fourth-order valence-corrected chi connectivity index (χ4v) is 3.86. The van der Waals surface area contributed by atoms with Crippen LogP contribution in [-0.2, 0) is 29.8 Å². The number of morpholine rings is 1. The smallest absolute Gasteiger partial charge is 0.208 e. The maximum absolute atomic E-state index is 11.3. The quantitative estimate of drug-likeness (QED) is 0.824. The number of rotatable bonds is 6. The van der Waals surface area contributed by atoms with Crippen LogP contribution < -0.4 is 5.32 Å². The van der Waals surface area contributed by atoms with Crippen LogP contribution in [0.25, 0.3) is 0 Å². The fourth-order valence-electron chi connectivity index (χ4n) is 3.86. The molecule has 136 valence electrons. The van der Waals surface area contributed by atoms with Gasteiger partial charge in [-0.3, -0.25) is 0 Å². The molecule has 3 heteroatoms. The van der Waals surface area contributed by atoms with Crippen LogP contribution in [-0.4, -0.2) is 23.3 Å². The van der Waals surface area contributed by atoms with Crippen molar-refractivity contribution >= 4 is 0 Å². The van der Waals surface area contributed by atoms with Crippen LogP contribution in [0.15, 0.2) is 12.1 Å². The highest BCUT2D eigenvalue weighted by atomic mass is 16.6. The Morgan fingerprint density at radius 3 is 2.29 bits per heavy atom. The number of ether oxygens (including phenoxy) is 1. The van der Waals surface area contributed by atoms with E-state index in [-0.39, 0.29) is 11.6 Å². The minimum atomic E-state index is -1.26. The van der Waals surface area contributed by atoms with Crippen LogP contribution in [0.1, 0.15) is 76.6 Å². The minimum absolute atomic E-state index is 0.117. The average molecular weight is 334 g/mol. The normalized spacial score (nSPS) is 26.5. The zero-order valence-electron chi connectivity index (χ0n) is 16.3. The Morgan fingerprint density at radius 2 is 1.75 bits per heavy atom. The van der Waals surface area contributed by atoms with Crippen LogP contribution >= 0.6 is 0 Å². The summed E-state index contributed by atoms with van der Waals surface area (Å²) in [6, 6.07) is 4.20. The van der Waals surface area contributed by atoms with Gasteiger partial charge in [-0.05, 0) is 56.7 Å². The molecule has 1 saturated heterocycles. The largest absolute Gasteiger partial charge is 0.361 e. The molecule has 1 heterocycles. The molecule has 1 aromatic rings. The molecule has 0 saturated carbocycles. The molecule has 2 atom stereocenters. The van der Waals surface area contributed by atoms with E-state index < -0.39 is 5.79 Å². The first-order valence-electron chi connectivity index (χ1n) is 9.56. The molecule has 0 radical (unpaired) electrons. The lowest BCUT2D eigenvalue weighted by Crippen LogP contribution is -2.63. The van der Waals surface area contributed by atoms with E-state index in [1.807, 2.05) is 6.92 Å². The fraction of sp³-hybridized carbons (Fsp3) is 0.714. The highest BCUT2D eigenvalue weighted by Crippen LogP contribution is 2.35. The number of benzene rings is 1. The maximum Gasteiger partial charge on any atom is 0.208 e. The van der Waals surface area contributed by atoms with Crippen molar-refractivity contribution in [1.82, 2.24) is 5.32 Å². The van der Waals surface area contributed by atoms with Gasteiger partial charge < -0.3 is 15.2 Å². The SMILES string of the molecule is CCCc1cc(C2(O)OCC(C)(C)NC2C)cc(CC)c1CCC. The van der Waals surface area contributed by atoms with Gasteiger partial charge in [-0.15, -0.1) is 0 Å². The van der Waals surface area contributed by atoms with E-state index >= 15 is 0 Å². The Balaban J connectivity index is 2.48. The molecule has 0 aliphatic carbocycles. The van der Waals surface area contributed by atoms with Gasteiger partial charge in [-0.2, -0.15) is 0 Å². The van der Waals surface area contributed by atoms with Crippen molar-refractivity contribution in [2.45, 2.75) is 91.0 Å². The number of nitrogens with one attached hydrogen (secondary N) is 1. The van der Waals surface area contributed by atoms with Gasteiger partial charge in [0, 0.05) is 11.1 Å². The summed E-state index contributed by atoms with van der Waals surface area (Å²) in [5.74, 6) is -1.26. The van der Waals surface area contributed by atoms with Gasteiger partial charge in [0.05, 0.1) is 12.6 Å². The first-order chi connectivity index (χ1) is 11.3. The molecule has 2 rings (SSSR count). The van der Waals surface area contributed by atoms with Gasteiger partial charge in [0.1, 0.15) is 0 Å². The van der Waals surface area contributed by atoms with Crippen molar-refractivity contribution in [1.29, 1.82) is 0 Å². The molecular weight excluding hydrogens is 298 g/mol. The first kappa shape index (κ1) is 19.4. The summed E-state index contributed by atoms with van der Waals surface area (Å²) in [7, 11) is 0. The van der Waals surface area contributed by atoms with Crippen molar-refractivity contribution in [3.8, 4) is 0 Å². The topological polar surface area (TPSA) is 41.5 Å². The molecule has 0 bridgehead atoms. The molecular formula is C21H35NO2. The highest BCUT2D eigenvalue weighted by Gasteiger charge is 2.45. The number of aryl methyl sites for hydroxylation is 2. The lowest BCUT2D eigenvalue weighted by atomic mass is 9.85. The highest BCUT2D eigenvalue weighted by molar-refractivity contribution is 5.42. The Bertz CT molecular complexity index is 567. The maximum atomic E-state index is 11.3. The zero-order valence-corrected chi connectivity index (χ0v) is 16.3. The predicted molar refractivity (Wildman–Crippen MR) is 100 cm³/mol. The van der Waals surface area contributed by atoms with E-state index in [0.717, 1.165) is 37.7 Å². The monoisotopic (exact) mass is 333 g/mol. The molecule has 1 aliphatic heterocycles. The Labute approximate surface area is 147 Å². The molecule has 0 aromatic heterocycles. The lowest BCUT2D eigenvalue weighted by Gasteiger charge is -2.46. The van der Waals surface area contributed by atoms with Gasteiger partial charge in [0.25, 0.3) is 0 Å². The summed E-state index contributed by atoms with van der Waals surface area (Å²) in [5, 5.41) is 14.8. The summed E-state index contributed by atoms with van der Waals surface area (Å²) >= 11 is 0. The lowest BCUT2D eigenvalue weighted by molar-refractivity contribution is -0.263. The molecule has 1 fully saturated rings. The van der Waals surface area contributed by atoms with E-state index in [4.69, 9.17) is 4.74 Å².